The van der Waals surface area contributed by atoms with Gasteiger partial charge in [-0.2, -0.15) is 0 Å². The van der Waals surface area contributed by atoms with E-state index in [1.165, 1.54) is 28.0 Å². The molecule has 38 heavy (non-hydrogen) atoms. The van der Waals surface area contributed by atoms with Gasteiger partial charge in [-0.3, -0.25) is 9.36 Å². The summed E-state index contributed by atoms with van der Waals surface area (Å²) in [5.41, 5.74) is 4.87. The minimum absolute atomic E-state index is 0.180. The van der Waals surface area contributed by atoms with E-state index in [0.29, 0.717) is 25.6 Å². The highest BCUT2D eigenvalue weighted by atomic mass is 35.5. The summed E-state index contributed by atoms with van der Waals surface area (Å²) in [5.74, 6) is -0.959. The number of halogens is 2. The van der Waals surface area contributed by atoms with E-state index in [-0.39, 0.29) is 17.7 Å². The van der Waals surface area contributed by atoms with Gasteiger partial charge in [-0.1, -0.05) is 35.1 Å². The Kier molecular flexibility index (Phi) is 6.94. The van der Waals surface area contributed by atoms with Crippen LogP contribution in [0.2, 0.25) is 5.02 Å². The number of carbonyl (C=O) groups is 1. The lowest BCUT2D eigenvalue weighted by atomic mass is 9.96. The SMILES string of the molecule is CCOC(=O)C1=C(C)N=c2s/c(=C\c3cc(C)n(-c4ccc(Cl)cc4)c3C)c(=O)n2[C@@H]1c1ccc(F)cc1. The maximum atomic E-state index is 13.8. The molecule has 0 saturated heterocycles. The lowest BCUT2D eigenvalue weighted by molar-refractivity contribution is -0.139. The number of aryl methyl sites for hydroxylation is 1. The van der Waals surface area contributed by atoms with Crippen molar-refractivity contribution in [3.8, 4) is 5.69 Å². The van der Waals surface area contributed by atoms with E-state index < -0.39 is 17.8 Å². The van der Waals surface area contributed by atoms with Crippen molar-refractivity contribution in [2.24, 2.45) is 4.99 Å². The van der Waals surface area contributed by atoms with Gasteiger partial charge in [-0.05, 0) is 87.4 Å². The topological polar surface area (TPSA) is 65.6 Å². The number of thiazole rings is 1. The van der Waals surface area contributed by atoms with Gasteiger partial charge in [-0.15, -0.1) is 0 Å². The van der Waals surface area contributed by atoms with Crippen LogP contribution in [0, 0.1) is 19.7 Å². The minimum Gasteiger partial charge on any atom is -0.463 e. The maximum absolute atomic E-state index is 13.8. The Morgan fingerprint density at radius 3 is 2.47 bits per heavy atom. The number of rotatable bonds is 5. The average molecular weight is 550 g/mol. The Morgan fingerprint density at radius 2 is 1.82 bits per heavy atom. The minimum atomic E-state index is -0.783. The molecule has 0 saturated carbocycles. The van der Waals surface area contributed by atoms with E-state index >= 15 is 0 Å². The molecule has 1 aliphatic rings. The van der Waals surface area contributed by atoms with Crippen LogP contribution in [0.5, 0.6) is 0 Å². The number of benzene rings is 2. The largest absolute Gasteiger partial charge is 0.463 e. The van der Waals surface area contributed by atoms with E-state index in [2.05, 4.69) is 9.56 Å². The molecule has 0 amide bonds. The molecule has 194 valence electrons. The van der Waals surface area contributed by atoms with Crippen molar-refractivity contribution in [1.29, 1.82) is 0 Å². The molecular weight excluding hydrogens is 525 g/mol. The quantitative estimate of drug-likeness (QED) is 0.329. The molecule has 9 heteroatoms. The van der Waals surface area contributed by atoms with Crippen LogP contribution in [0.3, 0.4) is 0 Å². The fourth-order valence-electron chi connectivity index (χ4n) is 4.81. The van der Waals surface area contributed by atoms with E-state index in [1.807, 2.05) is 50.3 Å². The first-order valence-electron chi connectivity index (χ1n) is 12.1. The Labute approximate surface area is 227 Å². The van der Waals surface area contributed by atoms with Crippen LogP contribution in [0.15, 0.2) is 75.7 Å². The lowest BCUT2D eigenvalue weighted by Gasteiger charge is -2.24. The Morgan fingerprint density at radius 1 is 1.13 bits per heavy atom. The molecule has 0 bridgehead atoms. The number of esters is 1. The molecule has 1 atom stereocenters. The average Bonchev–Trinajstić information content (AvgIpc) is 3.34. The van der Waals surface area contributed by atoms with Gasteiger partial charge in [-0.25, -0.2) is 14.2 Å². The van der Waals surface area contributed by atoms with Crippen molar-refractivity contribution >= 4 is 35.0 Å². The summed E-state index contributed by atoms with van der Waals surface area (Å²) in [5, 5.41) is 0.658. The zero-order valence-electron chi connectivity index (χ0n) is 21.3. The molecule has 2 aromatic carbocycles. The third kappa shape index (κ3) is 4.54. The summed E-state index contributed by atoms with van der Waals surface area (Å²) in [7, 11) is 0. The molecule has 0 N–H and O–H groups in total. The molecule has 6 nitrogen and oxygen atoms in total. The highest BCUT2D eigenvalue weighted by Gasteiger charge is 2.33. The predicted octanol–water partition coefficient (Wildman–Crippen LogP) is 5.00. The number of nitrogens with zero attached hydrogens (tertiary/aromatic N) is 3. The lowest BCUT2D eigenvalue weighted by Crippen LogP contribution is -2.39. The Balaban J connectivity index is 1.68. The first-order valence-corrected chi connectivity index (χ1v) is 13.3. The van der Waals surface area contributed by atoms with Gasteiger partial charge >= 0.3 is 5.97 Å². The van der Waals surface area contributed by atoms with Gasteiger partial charge in [0.05, 0.1) is 28.5 Å². The smallest absolute Gasteiger partial charge is 0.338 e. The second kappa shape index (κ2) is 10.2. The van der Waals surface area contributed by atoms with E-state index in [4.69, 9.17) is 16.3 Å². The molecule has 0 spiro atoms. The fourth-order valence-corrected chi connectivity index (χ4v) is 5.98. The predicted molar refractivity (Wildman–Crippen MR) is 147 cm³/mol. The molecular formula is C29H25ClFN3O3S. The Bertz CT molecular complexity index is 1760. The summed E-state index contributed by atoms with van der Waals surface area (Å²) in [6.45, 7) is 7.62. The van der Waals surface area contributed by atoms with Crippen molar-refractivity contribution in [1.82, 2.24) is 9.13 Å². The summed E-state index contributed by atoms with van der Waals surface area (Å²) in [6, 6.07) is 14.6. The van der Waals surface area contributed by atoms with Crippen LogP contribution >= 0.6 is 22.9 Å². The highest BCUT2D eigenvalue weighted by molar-refractivity contribution is 7.07. The monoisotopic (exact) mass is 549 g/mol. The summed E-state index contributed by atoms with van der Waals surface area (Å²) < 4.78 is 23.1. The van der Waals surface area contributed by atoms with Crippen LogP contribution in [0.4, 0.5) is 4.39 Å². The third-order valence-corrected chi connectivity index (χ3v) is 7.78. The van der Waals surface area contributed by atoms with Crippen molar-refractivity contribution in [2.45, 2.75) is 33.7 Å². The van der Waals surface area contributed by atoms with E-state index in [0.717, 1.165) is 22.6 Å². The zero-order valence-corrected chi connectivity index (χ0v) is 22.9. The normalized spacial score (nSPS) is 15.4. The number of ether oxygens (including phenoxy) is 1. The zero-order chi connectivity index (χ0) is 27.1. The maximum Gasteiger partial charge on any atom is 0.338 e. The van der Waals surface area contributed by atoms with E-state index in [1.54, 1.807) is 26.0 Å². The van der Waals surface area contributed by atoms with Crippen LogP contribution in [-0.2, 0) is 9.53 Å². The second-order valence-corrected chi connectivity index (χ2v) is 10.4. The number of carbonyl (C=O) groups excluding carboxylic acids is 1. The van der Waals surface area contributed by atoms with Gasteiger partial charge in [0.1, 0.15) is 5.82 Å². The molecule has 3 heterocycles. The van der Waals surface area contributed by atoms with Gasteiger partial charge < -0.3 is 9.30 Å². The summed E-state index contributed by atoms with van der Waals surface area (Å²) in [6.07, 6.45) is 1.85. The number of fused-ring (bicyclic) bond motifs is 1. The van der Waals surface area contributed by atoms with Crippen LogP contribution < -0.4 is 14.9 Å². The van der Waals surface area contributed by atoms with Gasteiger partial charge in [0.15, 0.2) is 4.80 Å². The third-order valence-electron chi connectivity index (χ3n) is 6.54. The van der Waals surface area contributed by atoms with Crippen LogP contribution in [0.25, 0.3) is 11.8 Å². The number of allylic oxidation sites excluding steroid dienone is 1. The number of aromatic nitrogens is 2. The van der Waals surface area contributed by atoms with E-state index in [9.17, 15) is 14.0 Å². The number of hydrogen-bond donors (Lipinski definition) is 0. The molecule has 1 aliphatic heterocycles. The van der Waals surface area contributed by atoms with Crippen molar-refractivity contribution in [3.05, 3.63) is 119 Å². The van der Waals surface area contributed by atoms with Crippen LogP contribution in [-0.4, -0.2) is 21.7 Å². The molecule has 5 rings (SSSR count). The molecule has 0 radical (unpaired) electrons. The molecule has 4 aromatic rings. The van der Waals surface area contributed by atoms with Gasteiger partial charge in [0.25, 0.3) is 5.56 Å². The molecule has 0 unspecified atom stereocenters. The summed E-state index contributed by atoms with van der Waals surface area (Å²) in [4.78, 5) is 31.9. The summed E-state index contributed by atoms with van der Waals surface area (Å²) >= 11 is 7.32. The molecule has 0 fully saturated rings. The van der Waals surface area contributed by atoms with Gasteiger partial charge in [0.2, 0.25) is 0 Å². The van der Waals surface area contributed by atoms with Crippen LogP contribution in [0.1, 0.15) is 42.4 Å². The van der Waals surface area contributed by atoms with Crippen molar-refractivity contribution in [2.75, 3.05) is 6.61 Å². The van der Waals surface area contributed by atoms with Crippen molar-refractivity contribution in [3.63, 3.8) is 0 Å². The second-order valence-electron chi connectivity index (χ2n) is 8.99. The highest BCUT2D eigenvalue weighted by Crippen LogP contribution is 2.31. The first-order chi connectivity index (χ1) is 18.2. The first kappa shape index (κ1) is 25.9. The molecule has 0 aliphatic carbocycles. The fraction of sp³-hybridized carbons (Fsp3) is 0.207. The number of hydrogen-bond acceptors (Lipinski definition) is 5. The Hall–Kier alpha value is -3.75. The standard InChI is InChI=1S/C29H25ClFN3O3S/c1-5-37-28(36)25-17(3)32-29-34(26(25)19-6-10-22(31)11-7-19)27(35)24(38-29)15-20-14-16(2)33(18(20)4)23-12-8-21(30)9-13-23/h6-15,26H,5H2,1-4H3/b24-15-/t26-/m1/s1. The van der Waals surface area contributed by atoms with Crippen molar-refractivity contribution < 1.29 is 13.9 Å². The van der Waals surface area contributed by atoms with Gasteiger partial charge in [0, 0.05) is 22.1 Å². The molecule has 2 aromatic heterocycles.